The number of carbonyl (C=O) groups excluding carboxylic acids is 3. The number of carboxylic acids is 1. The fourth-order valence-corrected chi connectivity index (χ4v) is 2.68. The molecule has 3 amide bonds. The number of amides is 3. The van der Waals surface area contributed by atoms with Crippen LogP contribution < -0.4 is 21.7 Å². The van der Waals surface area contributed by atoms with Crippen molar-refractivity contribution in [3.8, 4) is 0 Å². The standard InChI is InChI=1S/C14H26N4O6S3/c1-27-3-2-8(16-11(20)7(15)5-25)12(21)17-9(4-19)13(22)18-10(6-26)14(23)24/h7-10,19,25-26H,2-6,15H2,1H3,(H,16,20)(H,17,21)(H,18,22)(H,23,24). The van der Waals surface area contributed by atoms with Gasteiger partial charge in [-0.1, -0.05) is 0 Å². The van der Waals surface area contributed by atoms with Crippen molar-refractivity contribution in [2.45, 2.75) is 30.6 Å². The average Bonchev–Trinajstić information content (AvgIpc) is 2.65. The number of thioether (sulfide) groups is 1. The second kappa shape index (κ2) is 13.9. The molecule has 0 spiro atoms. The lowest BCUT2D eigenvalue weighted by Gasteiger charge is -2.23. The first-order chi connectivity index (χ1) is 12.7. The Morgan fingerprint density at radius 2 is 1.48 bits per heavy atom. The molecule has 0 radical (unpaired) electrons. The lowest BCUT2D eigenvalue weighted by molar-refractivity contribution is -0.141. The Balaban J connectivity index is 5.04. The number of aliphatic hydroxyl groups excluding tert-OH is 1. The number of thiol groups is 2. The van der Waals surface area contributed by atoms with Crippen LogP contribution in [0.25, 0.3) is 0 Å². The van der Waals surface area contributed by atoms with Gasteiger partial charge in [0, 0.05) is 11.5 Å². The van der Waals surface area contributed by atoms with Gasteiger partial charge < -0.3 is 31.9 Å². The third-order valence-electron chi connectivity index (χ3n) is 3.39. The molecule has 0 saturated carbocycles. The number of nitrogens with two attached hydrogens (primary N) is 1. The Hall–Kier alpha value is -1.15. The highest BCUT2D eigenvalue weighted by atomic mass is 32.2. The van der Waals surface area contributed by atoms with E-state index in [-0.39, 0.29) is 17.9 Å². The highest BCUT2D eigenvalue weighted by Crippen LogP contribution is 2.03. The van der Waals surface area contributed by atoms with Crippen molar-refractivity contribution in [3.63, 3.8) is 0 Å². The van der Waals surface area contributed by atoms with Crippen LogP contribution in [-0.2, 0) is 19.2 Å². The van der Waals surface area contributed by atoms with Gasteiger partial charge >= 0.3 is 5.97 Å². The summed E-state index contributed by atoms with van der Waals surface area (Å²) in [5.74, 6) is -2.98. The summed E-state index contributed by atoms with van der Waals surface area (Å²) in [6.07, 6.45) is 2.09. The van der Waals surface area contributed by atoms with Gasteiger partial charge in [0.05, 0.1) is 12.6 Å². The number of hydrogen-bond acceptors (Lipinski definition) is 9. The monoisotopic (exact) mass is 442 g/mol. The number of hydrogen-bond donors (Lipinski definition) is 8. The summed E-state index contributed by atoms with van der Waals surface area (Å²) < 4.78 is 0. The van der Waals surface area contributed by atoms with Crippen molar-refractivity contribution in [3.05, 3.63) is 0 Å². The van der Waals surface area contributed by atoms with Crippen molar-refractivity contribution in [1.82, 2.24) is 16.0 Å². The molecule has 0 aliphatic heterocycles. The summed E-state index contributed by atoms with van der Waals surface area (Å²) >= 11 is 9.20. The van der Waals surface area contributed by atoms with Gasteiger partial charge in [-0.25, -0.2) is 4.79 Å². The number of rotatable bonds is 13. The minimum Gasteiger partial charge on any atom is -0.480 e. The van der Waals surface area contributed by atoms with E-state index in [4.69, 9.17) is 10.8 Å². The van der Waals surface area contributed by atoms with Gasteiger partial charge in [0.25, 0.3) is 0 Å². The summed E-state index contributed by atoms with van der Waals surface area (Å²) in [5.41, 5.74) is 5.58. The summed E-state index contributed by atoms with van der Waals surface area (Å²) in [4.78, 5) is 47.4. The first-order valence-electron chi connectivity index (χ1n) is 7.92. The third-order valence-corrected chi connectivity index (χ3v) is 4.79. The second-order valence-corrected chi connectivity index (χ2v) is 7.17. The molecule has 0 rings (SSSR count). The molecule has 0 aromatic carbocycles. The minimum absolute atomic E-state index is 0.0880. The van der Waals surface area contributed by atoms with E-state index in [9.17, 15) is 24.3 Å². The zero-order valence-electron chi connectivity index (χ0n) is 14.8. The lowest BCUT2D eigenvalue weighted by Crippen LogP contribution is -2.58. The minimum atomic E-state index is -1.38. The molecular formula is C14H26N4O6S3. The molecule has 0 aromatic rings. The summed E-state index contributed by atoms with van der Waals surface area (Å²) in [5, 5.41) is 25.3. The number of carboxylic acid groups (broad SMARTS) is 1. The lowest BCUT2D eigenvalue weighted by atomic mass is 10.1. The largest absolute Gasteiger partial charge is 0.480 e. The van der Waals surface area contributed by atoms with Crippen molar-refractivity contribution in [1.29, 1.82) is 0 Å². The number of carbonyl (C=O) groups is 4. The molecule has 0 fully saturated rings. The van der Waals surface area contributed by atoms with Crippen LogP contribution in [0.4, 0.5) is 0 Å². The topological polar surface area (TPSA) is 171 Å². The van der Waals surface area contributed by atoms with Gasteiger partial charge in [-0.05, 0) is 18.4 Å². The zero-order valence-corrected chi connectivity index (χ0v) is 17.4. The van der Waals surface area contributed by atoms with Gasteiger partial charge in [0.2, 0.25) is 17.7 Å². The van der Waals surface area contributed by atoms with Crippen molar-refractivity contribution in [2.75, 3.05) is 30.1 Å². The molecule has 0 aromatic heterocycles. The van der Waals surface area contributed by atoms with Gasteiger partial charge in [-0.15, -0.1) is 0 Å². The predicted molar refractivity (Wildman–Crippen MR) is 109 cm³/mol. The van der Waals surface area contributed by atoms with Crippen LogP contribution in [0.5, 0.6) is 0 Å². The van der Waals surface area contributed by atoms with Crippen LogP contribution in [0.2, 0.25) is 0 Å². The summed E-state index contributed by atoms with van der Waals surface area (Å²) in [6.45, 7) is -0.754. The summed E-state index contributed by atoms with van der Waals surface area (Å²) in [6, 6.07) is -4.53. The maximum Gasteiger partial charge on any atom is 0.327 e. The Kier molecular flexibility index (Phi) is 13.3. The average molecular weight is 443 g/mol. The normalized spacial score (nSPS) is 15.1. The molecule has 0 saturated heterocycles. The fourth-order valence-electron chi connectivity index (χ4n) is 1.79. The van der Waals surface area contributed by atoms with E-state index in [0.29, 0.717) is 5.75 Å². The highest BCUT2D eigenvalue weighted by Gasteiger charge is 2.29. The molecule has 0 heterocycles. The van der Waals surface area contributed by atoms with Gasteiger partial charge in [-0.2, -0.15) is 37.0 Å². The second-order valence-electron chi connectivity index (χ2n) is 5.46. The van der Waals surface area contributed by atoms with Crippen LogP contribution in [0.3, 0.4) is 0 Å². The van der Waals surface area contributed by atoms with E-state index in [0.717, 1.165) is 0 Å². The molecule has 0 aliphatic carbocycles. The van der Waals surface area contributed by atoms with Gasteiger partial charge in [0.1, 0.15) is 18.1 Å². The Morgan fingerprint density at radius 3 is 1.93 bits per heavy atom. The Labute approximate surface area is 172 Å². The van der Waals surface area contributed by atoms with Crippen LogP contribution in [0, 0.1) is 0 Å². The van der Waals surface area contributed by atoms with E-state index in [1.165, 1.54) is 11.8 Å². The molecular weight excluding hydrogens is 416 g/mol. The number of aliphatic carboxylic acids is 1. The highest BCUT2D eigenvalue weighted by molar-refractivity contribution is 7.98. The third kappa shape index (κ3) is 9.55. The first-order valence-corrected chi connectivity index (χ1v) is 10.6. The fraction of sp³-hybridized carbons (Fsp3) is 0.714. The van der Waals surface area contributed by atoms with Crippen molar-refractivity contribution < 1.29 is 29.4 Å². The van der Waals surface area contributed by atoms with Crippen LogP contribution >= 0.6 is 37.0 Å². The SMILES string of the molecule is CSCCC(NC(=O)C(N)CS)C(=O)NC(CO)C(=O)NC(CS)C(=O)O. The quantitative estimate of drug-likeness (QED) is 0.144. The molecule has 0 aliphatic rings. The number of aliphatic hydroxyl groups is 1. The van der Waals surface area contributed by atoms with Gasteiger partial charge in [-0.3, -0.25) is 14.4 Å². The molecule has 156 valence electrons. The first kappa shape index (κ1) is 25.9. The molecule has 4 atom stereocenters. The van der Waals surface area contributed by atoms with Crippen molar-refractivity contribution >= 4 is 60.7 Å². The van der Waals surface area contributed by atoms with Crippen molar-refractivity contribution in [2.24, 2.45) is 5.73 Å². The Morgan fingerprint density at radius 1 is 0.963 bits per heavy atom. The van der Waals surface area contributed by atoms with E-state index in [2.05, 4.69) is 41.2 Å². The predicted octanol–water partition coefficient (Wildman–Crippen LogP) is -2.54. The maximum atomic E-state index is 12.4. The summed E-state index contributed by atoms with van der Waals surface area (Å²) in [7, 11) is 0. The maximum absolute atomic E-state index is 12.4. The van der Waals surface area contributed by atoms with Crippen LogP contribution in [-0.4, -0.2) is 88.2 Å². The Bertz CT molecular complexity index is 525. The van der Waals surface area contributed by atoms with Crippen LogP contribution in [0.1, 0.15) is 6.42 Å². The molecule has 4 unspecified atom stereocenters. The van der Waals surface area contributed by atoms with E-state index >= 15 is 0 Å². The van der Waals surface area contributed by atoms with Crippen LogP contribution in [0.15, 0.2) is 0 Å². The molecule has 27 heavy (non-hydrogen) atoms. The number of nitrogens with one attached hydrogen (secondary N) is 3. The molecule has 10 nitrogen and oxygen atoms in total. The molecule has 0 bridgehead atoms. The van der Waals surface area contributed by atoms with E-state index < -0.39 is 54.5 Å². The van der Waals surface area contributed by atoms with E-state index in [1.54, 1.807) is 0 Å². The zero-order chi connectivity index (χ0) is 21.0. The van der Waals surface area contributed by atoms with Gasteiger partial charge in [0.15, 0.2) is 0 Å². The van der Waals surface area contributed by atoms with E-state index in [1.807, 2.05) is 6.26 Å². The smallest absolute Gasteiger partial charge is 0.327 e. The molecule has 13 heteroatoms. The molecule has 7 N–H and O–H groups in total.